The van der Waals surface area contributed by atoms with Crippen LogP contribution in [0.4, 0.5) is 11.4 Å². The number of nitrogens with one attached hydrogen (secondary N) is 1. The molecule has 1 aromatic carbocycles. The van der Waals surface area contributed by atoms with Crippen molar-refractivity contribution >= 4 is 17.3 Å². The van der Waals surface area contributed by atoms with Crippen LogP contribution in [0.15, 0.2) is 30.5 Å². The average Bonchev–Trinajstić information content (AvgIpc) is 2.80. The van der Waals surface area contributed by atoms with Crippen molar-refractivity contribution in [2.24, 2.45) is 0 Å². The fourth-order valence-electron chi connectivity index (χ4n) is 2.02. The third kappa shape index (κ3) is 3.42. The van der Waals surface area contributed by atoms with Crippen LogP contribution in [-0.4, -0.2) is 15.7 Å². The van der Waals surface area contributed by atoms with E-state index < -0.39 is 0 Å². The first kappa shape index (κ1) is 15.1. The minimum atomic E-state index is -0.289. The second kappa shape index (κ2) is 5.60. The van der Waals surface area contributed by atoms with E-state index in [0.29, 0.717) is 12.2 Å². The zero-order valence-corrected chi connectivity index (χ0v) is 13.0. The molecule has 2 rings (SSSR count). The van der Waals surface area contributed by atoms with Gasteiger partial charge in [0.15, 0.2) is 5.69 Å². The molecule has 0 bridgehead atoms. The topological polar surface area (TPSA) is 72.9 Å². The Morgan fingerprint density at radius 2 is 1.90 bits per heavy atom. The van der Waals surface area contributed by atoms with Crippen LogP contribution in [0.5, 0.6) is 0 Å². The van der Waals surface area contributed by atoms with Gasteiger partial charge in [0, 0.05) is 18.4 Å². The maximum atomic E-state index is 12.2. The Morgan fingerprint density at radius 1 is 1.29 bits per heavy atom. The van der Waals surface area contributed by atoms with Crippen LogP contribution in [-0.2, 0) is 12.0 Å². The first-order valence-corrected chi connectivity index (χ1v) is 7.06. The number of nitrogens with zero attached hydrogens (tertiary/aromatic N) is 2. The standard InChI is InChI=1S/C16H22N4O/c1-5-20-10-13(17)14(19-20)15(21)18-12-8-6-11(7-9-12)16(2,3)4/h6-10H,5,17H2,1-4H3,(H,18,21). The van der Waals surface area contributed by atoms with Crippen molar-refractivity contribution < 1.29 is 4.79 Å². The fourth-order valence-corrected chi connectivity index (χ4v) is 2.02. The van der Waals surface area contributed by atoms with Gasteiger partial charge in [-0.2, -0.15) is 5.10 Å². The van der Waals surface area contributed by atoms with Gasteiger partial charge >= 0.3 is 0 Å². The number of anilines is 2. The molecule has 0 saturated heterocycles. The summed E-state index contributed by atoms with van der Waals surface area (Å²) in [6.07, 6.45) is 1.66. The predicted molar refractivity (Wildman–Crippen MR) is 85.4 cm³/mol. The molecule has 21 heavy (non-hydrogen) atoms. The van der Waals surface area contributed by atoms with Crippen molar-refractivity contribution in [2.45, 2.75) is 39.7 Å². The molecule has 0 aliphatic carbocycles. The molecular weight excluding hydrogens is 264 g/mol. The first-order valence-electron chi connectivity index (χ1n) is 7.06. The molecule has 0 unspecified atom stereocenters. The second-order valence-electron chi connectivity index (χ2n) is 6.07. The second-order valence-corrected chi connectivity index (χ2v) is 6.07. The summed E-state index contributed by atoms with van der Waals surface area (Å²) in [5, 5.41) is 6.98. The van der Waals surface area contributed by atoms with Crippen LogP contribution in [0.25, 0.3) is 0 Å². The van der Waals surface area contributed by atoms with Crippen LogP contribution in [0.3, 0.4) is 0 Å². The van der Waals surface area contributed by atoms with Gasteiger partial charge in [0.25, 0.3) is 5.91 Å². The van der Waals surface area contributed by atoms with Gasteiger partial charge in [-0.1, -0.05) is 32.9 Å². The summed E-state index contributed by atoms with van der Waals surface area (Å²) in [5.74, 6) is -0.289. The highest BCUT2D eigenvalue weighted by atomic mass is 16.2. The van der Waals surface area contributed by atoms with Gasteiger partial charge in [-0.05, 0) is 30.0 Å². The summed E-state index contributed by atoms with van der Waals surface area (Å²) in [4.78, 5) is 12.2. The molecule has 1 aromatic heterocycles. The van der Waals surface area contributed by atoms with Crippen molar-refractivity contribution in [1.29, 1.82) is 0 Å². The number of amides is 1. The number of aromatic nitrogens is 2. The predicted octanol–water partition coefficient (Wildman–Crippen LogP) is 3.04. The molecule has 0 radical (unpaired) electrons. The van der Waals surface area contributed by atoms with E-state index in [-0.39, 0.29) is 17.0 Å². The van der Waals surface area contributed by atoms with Crippen molar-refractivity contribution in [1.82, 2.24) is 9.78 Å². The van der Waals surface area contributed by atoms with Gasteiger partial charge in [0.2, 0.25) is 0 Å². The van der Waals surface area contributed by atoms with E-state index in [1.807, 2.05) is 31.2 Å². The van der Waals surface area contributed by atoms with Crippen LogP contribution in [0, 0.1) is 0 Å². The Hall–Kier alpha value is -2.30. The summed E-state index contributed by atoms with van der Waals surface area (Å²) in [6, 6.07) is 7.82. The maximum Gasteiger partial charge on any atom is 0.278 e. The summed E-state index contributed by atoms with van der Waals surface area (Å²) in [7, 11) is 0. The Balaban J connectivity index is 2.14. The molecule has 0 saturated carbocycles. The SMILES string of the molecule is CCn1cc(N)c(C(=O)Nc2ccc(C(C)(C)C)cc2)n1. The number of rotatable bonds is 3. The van der Waals surface area contributed by atoms with Gasteiger partial charge in [0.05, 0.1) is 5.69 Å². The minimum absolute atomic E-state index is 0.0901. The van der Waals surface area contributed by atoms with Gasteiger partial charge in [-0.3, -0.25) is 9.48 Å². The largest absolute Gasteiger partial charge is 0.396 e. The van der Waals surface area contributed by atoms with E-state index >= 15 is 0 Å². The molecular formula is C16H22N4O. The van der Waals surface area contributed by atoms with E-state index in [4.69, 9.17) is 5.73 Å². The Morgan fingerprint density at radius 3 is 2.38 bits per heavy atom. The third-order valence-electron chi connectivity index (χ3n) is 3.34. The Kier molecular flexibility index (Phi) is 4.02. The highest BCUT2D eigenvalue weighted by Crippen LogP contribution is 2.23. The van der Waals surface area contributed by atoms with E-state index in [0.717, 1.165) is 5.69 Å². The molecule has 112 valence electrons. The van der Waals surface area contributed by atoms with Gasteiger partial charge in [-0.25, -0.2) is 0 Å². The zero-order chi connectivity index (χ0) is 15.6. The molecule has 1 amide bonds. The van der Waals surface area contributed by atoms with Crippen LogP contribution in [0.1, 0.15) is 43.7 Å². The number of aryl methyl sites for hydroxylation is 1. The highest BCUT2D eigenvalue weighted by Gasteiger charge is 2.16. The number of nitrogen functional groups attached to an aromatic ring is 1. The normalized spacial score (nSPS) is 11.4. The number of benzene rings is 1. The number of hydrogen-bond acceptors (Lipinski definition) is 3. The highest BCUT2D eigenvalue weighted by molar-refractivity contribution is 6.06. The van der Waals surface area contributed by atoms with E-state index in [9.17, 15) is 4.79 Å². The number of hydrogen-bond donors (Lipinski definition) is 2. The molecule has 5 heteroatoms. The molecule has 3 N–H and O–H groups in total. The van der Waals surface area contributed by atoms with Crippen molar-refractivity contribution in [2.75, 3.05) is 11.1 Å². The number of carbonyl (C=O) groups excluding carboxylic acids is 1. The molecule has 0 fully saturated rings. The Bertz CT molecular complexity index is 635. The smallest absolute Gasteiger partial charge is 0.278 e. The van der Waals surface area contributed by atoms with E-state index in [1.165, 1.54) is 5.56 Å². The first-order chi connectivity index (χ1) is 9.81. The third-order valence-corrected chi connectivity index (χ3v) is 3.34. The van der Waals surface area contributed by atoms with Gasteiger partial charge in [-0.15, -0.1) is 0 Å². The number of carbonyl (C=O) groups is 1. The lowest BCUT2D eigenvalue weighted by molar-refractivity contribution is 0.102. The maximum absolute atomic E-state index is 12.2. The van der Waals surface area contributed by atoms with Crippen LogP contribution in [0.2, 0.25) is 0 Å². The molecule has 5 nitrogen and oxygen atoms in total. The van der Waals surface area contributed by atoms with Crippen LogP contribution >= 0.6 is 0 Å². The lowest BCUT2D eigenvalue weighted by Crippen LogP contribution is -2.15. The molecule has 0 aliphatic rings. The van der Waals surface area contributed by atoms with Crippen molar-refractivity contribution in [3.8, 4) is 0 Å². The van der Waals surface area contributed by atoms with Gasteiger partial charge in [0.1, 0.15) is 0 Å². The Labute approximate surface area is 125 Å². The molecule has 1 heterocycles. The van der Waals surface area contributed by atoms with E-state index in [1.54, 1.807) is 10.9 Å². The quantitative estimate of drug-likeness (QED) is 0.911. The molecule has 2 aromatic rings. The van der Waals surface area contributed by atoms with Crippen molar-refractivity contribution in [3.63, 3.8) is 0 Å². The van der Waals surface area contributed by atoms with Crippen LogP contribution < -0.4 is 11.1 Å². The lowest BCUT2D eigenvalue weighted by Gasteiger charge is -2.19. The monoisotopic (exact) mass is 286 g/mol. The van der Waals surface area contributed by atoms with E-state index in [2.05, 4.69) is 31.2 Å². The minimum Gasteiger partial charge on any atom is -0.396 e. The van der Waals surface area contributed by atoms with Gasteiger partial charge < -0.3 is 11.1 Å². The lowest BCUT2D eigenvalue weighted by atomic mass is 9.87. The average molecular weight is 286 g/mol. The summed E-state index contributed by atoms with van der Waals surface area (Å²) in [5.41, 5.74) is 8.50. The van der Waals surface area contributed by atoms with Crippen molar-refractivity contribution in [3.05, 3.63) is 41.7 Å². The molecule has 0 spiro atoms. The zero-order valence-electron chi connectivity index (χ0n) is 13.0. The fraction of sp³-hybridized carbons (Fsp3) is 0.375. The summed E-state index contributed by atoms with van der Waals surface area (Å²) in [6.45, 7) is 9.08. The molecule has 0 aliphatic heterocycles. The molecule has 0 atom stereocenters. The summed E-state index contributed by atoms with van der Waals surface area (Å²) < 4.78 is 1.65. The summed E-state index contributed by atoms with van der Waals surface area (Å²) >= 11 is 0. The number of nitrogens with two attached hydrogens (primary N) is 1.